The lowest BCUT2D eigenvalue weighted by atomic mass is 10.1. The fraction of sp³-hybridized carbons (Fsp3) is 0.385. The largest absolute Gasteiger partial charge is 0.416 e. The van der Waals surface area contributed by atoms with E-state index < -0.39 is 11.7 Å². The van der Waals surface area contributed by atoms with E-state index in [1.165, 1.54) is 12.1 Å². The lowest BCUT2D eigenvalue weighted by molar-refractivity contribution is -0.137. The van der Waals surface area contributed by atoms with Crippen LogP contribution in [0.15, 0.2) is 28.8 Å². The maximum Gasteiger partial charge on any atom is 0.416 e. The Balaban J connectivity index is 1.89. The zero-order chi connectivity index (χ0) is 14.3. The van der Waals surface area contributed by atoms with Crippen LogP contribution in [-0.4, -0.2) is 10.1 Å². The first-order valence-electron chi connectivity index (χ1n) is 6.22. The zero-order valence-corrected chi connectivity index (χ0v) is 10.4. The van der Waals surface area contributed by atoms with E-state index >= 15 is 0 Å². The topological polar surface area (TPSA) is 64.9 Å². The smallest absolute Gasteiger partial charge is 0.337 e. The molecule has 0 amide bonds. The van der Waals surface area contributed by atoms with Gasteiger partial charge in [0.2, 0.25) is 11.7 Å². The third kappa shape index (κ3) is 2.53. The molecule has 20 heavy (non-hydrogen) atoms. The van der Waals surface area contributed by atoms with Crippen LogP contribution in [0, 0.1) is 5.92 Å². The predicted octanol–water partition coefficient (Wildman–Crippen LogP) is 3.17. The van der Waals surface area contributed by atoms with Gasteiger partial charge in [0.05, 0.1) is 11.6 Å². The van der Waals surface area contributed by atoms with Crippen LogP contribution in [0.1, 0.15) is 30.3 Å². The molecule has 4 nitrogen and oxygen atoms in total. The van der Waals surface area contributed by atoms with Gasteiger partial charge in [-0.05, 0) is 30.9 Å². The molecule has 1 saturated carbocycles. The Morgan fingerprint density at radius 3 is 2.70 bits per heavy atom. The summed E-state index contributed by atoms with van der Waals surface area (Å²) in [6.45, 7) is 0. The van der Waals surface area contributed by atoms with Gasteiger partial charge in [0, 0.05) is 5.56 Å². The lowest BCUT2D eigenvalue weighted by Crippen LogP contribution is -2.12. The molecule has 1 aromatic carbocycles. The Kier molecular flexibility index (Phi) is 3.01. The quantitative estimate of drug-likeness (QED) is 0.939. The van der Waals surface area contributed by atoms with Crippen LogP contribution in [0.3, 0.4) is 0 Å². The first-order chi connectivity index (χ1) is 9.45. The van der Waals surface area contributed by atoms with Gasteiger partial charge in [-0.3, -0.25) is 0 Å². The highest BCUT2D eigenvalue weighted by molar-refractivity contribution is 5.55. The summed E-state index contributed by atoms with van der Waals surface area (Å²) in [6, 6.07) is 4.49. The first kappa shape index (κ1) is 13.1. The minimum absolute atomic E-state index is 0.127. The molecule has 106 valence electrons. The van der Waals surface area contributed by atoms with Gasteiger partial charge in [-0.25, -0.2) is 0 Å². The summed E-state index contributed by atoms with van der Waals surface area (Å²) in [5.41, 5.74) is 5.43. The zero-order valence-electron chi connectivity index (χ0n) is 10.4. The van der Waals surface area contributed by atoms with Gasteiger partial charge in [-0.1, -0.05) is 17.3 Å². The molecule has 1 aliphatic carbocycles. The summed E-state index contributed by atoms with van der Waals surface area (Å²) in [6.07, 6.45) is -2.36. The number of hydrogen-bond acceptors (Lipinski definition) is 4. The van der Waals surface area contributed by atoms with Gasteiger partial charge in [-0.15, -0.1) is 0 Å². The van der Waals surface area contributed by atoms with Gasteiger partial charge in [-0.2, -0.15) is 18.2 Å². The fourth-order valence-electron chi connectivity index (χ4n) is 1.98. The van der Waals surface area contributed by atoms with E-state index in [2.05, 4.69) is 10.1 Å². The molecular formula is C13H12F3N3O. The van der Waals surface area contributed by atoms with E-state index in [1.807, 2.05) is 0 Å². The molecule has 1 unspecified atom stereocenters. The molecule has 0 saturated heterocycles. The molecule has 1 aromatic heterocycles. The second-order valence-electron chi connectivity index (χ2n) is 4.90. The van der Waals surface area contributed by atoms with Crippen LogP contribution in [0.2, 0.25) is 0 Å². The average molecular weight is 283 g/mol. The van der Waals surface area contributed by atoms with Gasteiger partial charge in [0.15, 0.2) is 0 Å². The van der Waals surface area contributed by atoms with Crippen molar-refractivity contribution in [3.05, 3.63) is 35.7 Å². The second-order valence-corrected chi connectivity index (χ2v) is 4.90. The SMILES string of the molecule is NC(c1nc(-c2cccc(C(F)(F)F)c2)no1)C1CC1. The number of hydrogen-bond donors (Lipinski definition) is 1. The molecule has 1 atom stereocenters. The Bertz CT molecular complexity index is 619. The van der Waals surface area contributed by atoms with E-state index in [1.54, 1.807) is 0 Å². The average Bonchev–Trinajstić information content (AvgIpc) is 3.14. The maximum atomic E-state index is 12.6. The molecule has 1 heterocycles. The van der Waals surface area contributed by atoms with Crippen molar-refractivity contribution < 1.29 is 17.7 Å². The lowest BCUT2D eigenvalue weighted by Gasteiger charge is -2.06. The number of alkyl halides is 3. The Morgan fingerprint density at radius 2 is 2.05 bits per heavy atom. The van der Waals surface area contributed by atoms with E-state index in [9.17, 15) is 13.2 Å². The van der Waals surface area contributed by atoms with Crippen molar-refractivity contribution >= 4 is 0 Å². The van der Waals surface area contributed by atoms with E-state index in [0.717, 1.165) is 25.0 Å². The van der Waals surface area contributed by atoms with Gasteiger partial charge < -0.3 is 10.3 Å². The molecule has 0 aliphatic heterocycles. The van der Waals surface area contributed by atoms with Gasteiger partial charge in [0.1, 0.15) is 0 Å². The van der Waals surface area contributed by atoms with Crippen LogP contribution in [0.25, 0.3) is 11.4 Å². The number of nitrogens with zero attached hydrogens (tertiary/aromatic N) is 2. The van der Waals surface area contributed by atoms with Crippen molar-refractivity contribution in [3.63, 3.8) is 0 Å². The summed E-state index contributed by atoms with van der Waals surface area (Å²) < 4.78 is 43.0. The summed E-state index contributed by atoms with van der Waals surface area (Å²) in [5, 5.41) is 3.71. The molecule has 2 N–H and O–H groups in total. The van der Waals surface area contributed by atoms with Crippen molar-refractivity contribution in [1.82, 2.24) is 10.1 Å². The van der Waals surface area contributed by atoms with E-state index in [0.29, 0.717) is 5.92 Å². The number of nitrogens with two attached hydrogens (primary N) is 1. The molecule has 7 heteroatoms. The number of rotatable bonds is 3. The fourth-order valence-corrected chi connectivity index (χ4v) is 1.98. The van der Waals surface area contributed by atoms with E-state index in [-0.39, 0.29) is 23.3 Å². The van der Waals surface area contributed by atoms with Gasteiger partial charge >= 0.3 is 6.18 Å². The van der Waals surface area contributed by atoms with Crippen LogP contribution in [-0.2, 0) is 6.18 Å². The maximum absolute atomic E-state index is 12.6. The molecule has 3 rings (SSSR count). The molecule has 2 aromatic rings. The third-order valence-electron chi connectivity index (χ3n) is 3.30. The minimum atomic E-state index is -4.40. The summed E-state index contributed by atoms with van der Waals surface area (Å²) in [5.74, 6) is 0.743. The molecule has 0 radical (unpaired) electrons. The molecule has 0 bridgehead atoms. The van der Waals surface area contributed by atoms with E-state index in [4.69, 9.17) is 10.3 Å². The first-order valence-corrected chi connectivity index (χ1v) is 6.22. The summed E-state index contributed by atoms with van der Waals surface area (Å²) in [7, 11) is 0. The predicted molar refractivity (Wildman–Crippen MR) is 64.4 cm³/mol. The molecule has 1 aliphatic rings. The third-order valence-corrected chi connectivity index (χ3v) is 3.30. The Hall–Kier alpha value is -1.89. The molecular weight excluding hydrogens is 271 g/mol. The van der Waals surface area contributed by atoms with Crippen molar-refractivity contribution in [2.75, 3.05) is 0 Å². The number of aromatic nitrogens is 2. The standard InChI is InChI=1S/C13H12F3N3O/c14-13(15,16)9-3-1-2-8(6-9)11-18-12(20-19-11)10(17)7-4-5-7/h1-3,6-7,10H,4-5,17H2. The van der Waals surface area contributed by atoms with Crippen LogP contribution in [0.4, 0.5) is 13.2 Å². The Labute approximate surface area is 112 Å². The second kappa shape index (κ2) is 4.59. The summed E-state index contributed by atoms with van der Waals surface area (Å²) in [4.78, 5) is 4.09. The van der Waals surface area contributed by atoms with Crippen molar-refractivity contribution in [1.29, 1.82) is 0 Å². The molecule has 1 fully saturated rings. The van der Waals surface area contributed by atoms with Crippen molar-refractivity contribution in [2.45, 2.75) is 25.1 Å². The highest BCUT2D eigenvalue weighted by Gasteiger charge is 2.34. The van der Waals surface area contributed by atoms with Crippen LogP contribution >= 0.6 is 0 Å². The monoisotopic (exact) mass is 283 g/mol. The summed E-state index contributed by atoms with van der Waals surface area (Å²) >= 11 is 0. The van der Waals surface area contributed by atoms with Crippen molar-refractivity contribution in [2.24, 2.45) is 11.7 Å². The van der Waals surface area contributed by atoms with Gasteiger partial charge in [0.25, 0.3) is 0 Å². The highest BCUT2D eigenvalue weighted by Crippen LogP contribution is 2.39. The molecule has 0 spiro atoms. The Morgan fingerprint density at radius 1 is 1.30 bits per heavy atom. The number of halogens is 3. The van der Waals surface area contributed by atoms with Crippen LogP contribution < -0.4 is 5.73 Å². The van der Waals surface area contributed by atoms with Crippen molar-refractivity contribution in [3.8, 4) is 11.4 Å². The number of benzene rings is 1. The normalized spacial score (nSPS) is 17.2. The van der Waals surface area contributed by atoms with Crippen LogP contribution in [0.5, 0.6) is 0 Å². The minimum Gasteiger partial charge on any atom is -0.337 e. The highest BCUT2D eigenvalue weighted by atomic mass is 19.4.